The van der Waals surface area contributed by atoms with E-state index in [2.05, 4.69) is 25.5 Å². The van der Waals surface area contributed by atoms with Crippen LogP contribution in [0.25, 0.3) is 0 Å². The summed E-state index contributed by atoms with van der Waals surface area (Å²) in [6, 6.07) is 0.0185. The zero-order valence-corrected chi connectivity index (χ0v) is 19.4. The van der Waals surface area contributed by atoms with Gasteiger partial charge in [0.25, 0.3) is 0 Å². The van der Waals surface area contributed by atoms with Crippen molar-refractivity contribution in [1.82, 2.24) is 9.62 Å². The summed E-state index contributed by atoms with van der Waals surface area (Å²) in [7, 11) is -1.16. The number of aliphatic hydroxyl groups excluding tert-OH is 1. The molecule has 1 amide bonds. The van der Waals surface area contributed by atoms with Crippen molar-refractivity contribution in [2.75, 3.05) is 13.1 Å². The maximum Gasteiger partial charge on any atom is 0.410 e. The van der Waals surface area contributed by atoms with Crippen LogP contribution in [-0.2, 0) is 15.7 Å². The molecular formula is C21H40N2O4S. The number of unbranched alkanes of at least 4 members (excludes halogenated alkanes) is 1. The number of piperidine rings is 1. The van der Waals surface area contributed by atoms with Crippen LogP contribution in [-0.4, -0.2) is 55.9 Å². The molecule has 2 aliphatic rings. The number of nitrogens with zero attached hydrogens (tertiary/aromatic N) is 1. The summed E-state index contributed by atoms with van der Waals surface area (Å²) >= 11 is 0. The van der Waals surface area contributed by atoms with Gasteiger partial charge in [-0.15, -0.1) is 0 Å². The quantitative estimate of drug-likeness (QED) is 0.691. The van der Waals surface area contributed by atoms with Crippen LogP contribution in [0.4, 0.5) is 4.79 Å². The predicted octanol–water partition coefficient (Wildman–Crippen LogP) is 3.75. The fraction of sp³-hybridized carbons (Fsp3) is 0.952. The van der Waals surface area contributed by atoms with Crippen molar-refractivity contribution in [2.45, 2.75) is 109 Å². The summed E-state index contributed by atoms with van der Waals surface area (Å²) in [4.78, 5) is 14.1. The van der Waals surface area contributed by atoms with E-state index in [0.29, 0.717) is 25.9 Å². The smallest absolute Gasteiger partial charge is 0.410 e. The number of carbonyl (C=O) groups is 1. The van der Waals surface area contributed by atoms with E-state index in [-0.39, 0.29) is 28.4 Å². The lowest BCUT2D eigenvalue weighted by Gasteiger charge is -2.43. The first kappa shape index (κ1) is 23.6. The van der Waals surface area contributed by atoms with Gasteiger partial charge < -0.3 is 14.7 Å². The fourth-order valence-corrected chi connectivity index (χ4v) is 5.64. The number of hydrogen-bond acceptors (Lipinski definition) is 4. The number of aliphatic hydroxyl groups is 1. The van der Waals surface area contributed by atoms with Crippen molar-refractivity contribution in [3.63, 3.8) is 0 Å². The van der Waals surface area contributed by atoms with Crippen molar-refractivity contribution in [3.05, 3.63) is 0 Å². The molecule has 164 valence electrons. The van der Waals surface area contributed by atoms with Gasteiger partial charge in [-0.05, 0) is 72.1 Å². The molecule has 1 saturated heterocycles. The van der Waals surface area contributed by atoms with E-state index in [1.165, 1.54) is 0 Å². The van der Waals surface area contributed by atoms with E-state index >= 15 is 0 Å². The van der Waals surface area contributed by atoms with E-state index in [4.69, 9.17) is 4.74 Å². The van der Waals surface area contributed by atoms with Crippen molar-refractivity contribution in [3.8, 4) is 0 Å². The third-order valence-corrected chi connectivity index (χ3v) is 7.89. The third-order valence-electron chi connectivity index (χ3n) is 6.18. The molecule has 0 aromatic heterocycles. The minimum absolute atomic E-state index is 0.0185. The number of ether oxygens (including phenoxy) is 1. The SMILES string of the molecule is CCCCC(C)(C)S(=O)NC1CC(O)CC12CCN(C(=O)OC(C)(C)C)CC2. The van der Waals surface area contributed by atoms with E-state index in [1.807, 2.05) is 20.8 Å². The van der Waals surface area contributed by atoms with Crippen molar-refractivity contribution < 1.29 is 18.8 Å². The molecule has 2 fully saturated rings. The van der Waals surface area contributed by atoms with E-state index < -0.39 is 16.6 Å². The van der Waals surface area contributed by atoms with Crippen LogP contribution >= 0.6 is 0 Å². The maximum atomic E-state index is 13.0. The minimum Gasteiger partial charge on any atom is -0.444 e. The third kappa shape index (κ3) is 5.92. The molecule has 1 aliphatic carbocycles. The van der Waals surface area contributed by atoms with Crippen molar-refractivity contribution in [2.24, 2.45) is 5.41 Å². The largest absolute Gasteiger partial charge is 0.444 e. The number of rotatable bonds is 6. The summed E-state index contributed by atoms with van der Waals surface area (Å²) in [5.41, 5.74) is -0.602. The van der Waals surface area contributed by atoms with Gasteiger partial charge in [0.15, 0.2) is 0 Å². The Morgan fingerprint density at radius 3 is 2.39 bits per heavy atom. The second-order valence-corrected chi connectivity index (χ2v) is 12.1. The van der Waals surface area contributed by atoms with E-state index in [9.17, 15) is 14.1 Å². The van der Waals surface area contributed by atoms with Crippen LogP contribution < -0.4 is 4.72 Å². The standard InChI is InChI=1S/C21H40N2O4S/c1-7-8-9-20(5,6)28(26)22-17-14-16(24)15-21(17)10-12-23(13-11-21)18(25)27-19(2,3)4/h16-17,22,24H,7-15H2,1-6H3. The highest BCUT2D eigenvalue weighted by Gasteiger charge is 2.50. The fourth-order valence-electron chi connectivity index (χ4n) is 4.39. The molecular weight excluding hydrogens is 376 g/mol. The monoisotopic (exact) mass is 416 g/mol. The molecule has 3 atom stereocenters. The van der Waals surface area contributed by atoms with Gasteiger partial charge in [-0.25, -0.2) is 13.7 Å². The number of nitrogens with one attached hydrogen (secondary N) is 1. The molecule has 2 N–H and O–H groups in total. The summed E-state index contributed by atoms with van der Waals surface area (Å²) in [6.07, 6.45) is 5.35. The molecule has 3 unspecified atom stereocenters. The Morgan fingerprint density at radius 1 is 1.25 bits per heavy atom. The summed E-state index contributed by atoms with van der Waals surface area (Å²) in [6.45, 7) is 13.1. The molecule has 1 heterocycles. The Kier molecular flexibility index (Phi) is 7.59. The Labute approximate surface area is 173 Å². The molecule has 28 heavy (non-hydrogen) atoms. The normalized spacial score (nSPS) is 26.5. The van der Waals surface area contributed by atoms with Gasteiger partial charge in [0.1, 0.15) is 5.60 Å². The molecule has 2 rings (SSSR count). The van der Waals surface area contributed by atoms with Gasteiger partial charge in [0, 0.05) is 19.1 Å². The molecule has 0 aromatic rings. The molecule has 1 spiro atoms. The average Bonchev–Trinajstić information content (AvgIpc) is 2.86. The molecule has 1 saturated carbocycles. The summed E-state index contributed by atoms with van der Waals surface area (Å²) in [5.74, 6) is 0. The lowest BCUT2D eigenvalue weighted by molar-refractivity contribution is 0.00692. The predicted molar refractivity (Wildman–Crippen MR) is 113 cm³/mol. The highest BCUT2D eigenvalue weighted by atomic mass is 32.2. The minimum atomic E-state index is -1.16. The van der Waals surface area contributed by atoms with E-state index in [0.717, 1.165) is 32.1 Å². The Morgan fingerprint density at radius 2 is 1.86 bits per heavy atom. The highest BCUT2D eigenvalue weighted by molar-refractivity contribution is 7.84. The molecule has 1 aliphatic heterocycles. The average molecular weight is 417 g/mol. The van der Waals surface area contributed by atoms with Gasteiger partial charge in [-0.3, -0.25) is 0 Å². The van der Waals surface area contributed by atoms with E-state index in [1.54, 1.807) is 4.90 Å². The van der Waals surface area contributed by atoms with Crippen LogP contribution in [0.3, 0.4) is 0 Å². The molecule has 0 bridgehead atoms. The van der Waals surface area contributed by atoms with Crippen LogP contribution in [0.1, 0.15) is 86.5 Å². The van der Waals surface area contributed by atoms with Crippen LogP contribution in [0.15, 0.2) is 0 Å². The highest BCUT2D eigenvalue weighted by Crippen LogP contribution is 2.47. The van der Waals surface area contributed by atoms with Gasteiger partial charge in [0.05, 0.1) is 21.8 Å². The maximum absolute atomic E-state index is 13.0. The second kappa shape index (κ2) is 9.00. The van der Waals surface area contributed by atoms with Gasteiger partial charge in [-0.1, -0.05) is 19.8 Å². The van der Waals surface area contributed by atoms with Crippen LogP contribution in [0, 0.1) is 5.41 Å². The zero-order chi connectivity index (χ0) is 21.2. The Hall–Kier alpha value is -0.660. The number of carbonyl (C=O) groups excluding carboxylic acids is 1. The lowest BCUT2D eigenvalue weighted by Crippen LogP contribution is -2.52. The molecule has 0 radical (unpaired) electrons. The second-order valence-electron chi connectivity index (χ2n) is 10.2. The topological polar surface area (TPSA) is 78.9 Å². The van der Waals surface area contributed by atoms with Crippen molar-refractivity contribution in [1.29, 1.82) is 0 Å². The van der Waals surface area contributed by atoms with Gasteiger partial charge in [0.2, 0.25) is 0 Å². The summed E-state index contributed by atoms with van der Waals surface area (Å²) in [5, 5.41) is 10.4. The lowest BCUT2D eigenvalue weighted by atomic mass is 9.74. The first-order chi connectivity index (χ1) is 12.9. The number of likely N-dealkylation sites (tertiary alicyclic amines) is 1. The Balaban J connectivity index is 2.00. The van der Waals surface area contributed by atoms with Crippen LogP contribution in [0.5, 0.6) is 0 Å². The zero-order valence-electron chi connectivity index (χ0n) is 18.5. The van der Waals surface area contributed by atoms with Gasteiger partial charge in [-0.2, -0.15) is 0 Å². The van der Waals surface area contributed by atoms with Gasteiger partial charge >= 0.3 is 6.09 Å². The van der Waals surface area contributed by atoms with Crippen molar-refractivity contribution >= 4 is 17.1 Å². The summed E-state index contributed by atoms with van der Waals surface area (Å²) < 4.78 is 21.6. The molecule has 6 nitrogen and oxygen atoms in total. The van der Waals surface area contributed by atoms with Crippen LogP contribution in [0.2, 0.25) is 0 Å². The molecule has 7 heteroatoms. The Bertz CT molecular complexity index is 565. The number of hydrogen-bond donors (Lipinski definition) is 2. The first-order valence-corrected chi connectivity index (χ1v) is 11.9. The molecule has 0 aromatic carbocycles. The first-order valence-electron chi connectivity index (χ1n) is 10.7. The number of amides is 1.